The third-order valence-corrected chi connectivity index (χ3v) is 4.43. The summed E-state index contributed by atoms with van der Waals surface area (Å²) in [6.07, 6.45) is 0.416. The Balaban J connectivity index is 2.58. The van der Waals surface area contributed by atoms with E-state index >= 15 is 0 Å². The number of aromatic nitrogens is 2. The highest BCUT2D eigenvalue weighted by Gasteiger charge is 2.16. The molecule has 24 heavy (non-hydrogen) atoms. The molecule has 0 aliphatic heterocycles. The lowest BCUT2D eigenvalue weighted by atomic mass is 10.1. The number of hydrogen-bond donors (Lipinski definition) is 1. The van der Waals surface area contributed by atoms with Crippen molar-refractivity contribution in [3.63, 3.8) is 0 Å². The van der Waals surface area contributed by atoms with Gasteiger partial charge in [0.15, 0.2) is 0 Å². The number of nitrogens with zero attached hydrogens (tertiary/aromatic N) is 3. The van der Waals surface area contributed by atoms with E-state index in [4.69, 9.17) is 0 Å². The van der Waals surface area contributed by atoms with Gasteiger partial charge in [-0.1, -0.05) is 13.8 Å². The molecule has 0 saturated heterocycles. The standard InChI is InChI=1S/C19H36N4O/c1-13(2)12-23-17(8)18(16(7)21-23)11-19(24)20-9-10-22(14(3)4)15(5)6/h13-15H,9-12H2,1-8H3,(H,20,24). The maximum Gasteiger partial charge on any atom is 0.224 e. The second-order valence-corrected chi connectivity index (χ2v) is 7.68. The molecule has 0 atom stereocenters. The first-order valence-corrected chi connectivity index (χ1v) is 9.18. The molecule has 0 fully saturated rings. The molecule has 1 rings (SSSR count). The number of aryl methyl sites for hydroxylation is 1. The van der Waals surface area contributed by atoms with Gasteiger partial charge < -0.3 is 5.32 Å². The molecule has 1 N–H and O–H groups in total. The van der Waals surface area contributed by atoms with Gasteiger partial charge in [-0.15, -0.1) is 0 Å². The Morgan fingerprint density at radius 2 is 1.71 bits per heavy atom. The van der Waals surface area contributed by atoms with E-state index in [0.717, 1.165) is 30.0 Å². The Morgan fingerprint density at radius 3 is 2.21 bits per heavy atom. The molecule has 0 radical (unpaired) electrons. The van der Waals surface area contributed by atoms with Gasteiger partial charge in [0.05, 0.1) is 12.1 Å². The minimum atomic E-state index is 0.0813. The largest absolute Gasteiger partial charge is 0.355 e. The van der Waals surface area contributed by atoms with Crippen molar-refractivity contribution < 1.29 is 4.79 Å². The summed E-state index contributed by atoms with van der Waals surface area (Å²) in [5.74, 6) is 0.625. The lowest BCUT2D eigenvalue weighted by molar-refractivity contribution is -0.120. The van der Waals surface area contributed by atoms with Crippen LogP contribution in [0.2, 0.25) is 0 Å². The zero-order valence-corrected chi connectivity index (χ0v) is 16.8. The van der Waals surface area contributed by atoms with Crippen molar-refractivity contribution in [2.75, 3.05) is 13.1 Å². The second-order valence-electron chi connectivity index (χ2n) is 7.68. The number of nitrogens with one attached hydrogen (secondary N) is 1. The van der Waals surface area contributed by atoms with Crippen molar-refractivity contribution in [1.29, 1.82) is 0 Å². The number of hydrogen-bond acceptors (Lipinski definition) is 3. The maximum absolute atomic E-state index is 12.3. The lowest BCUT2D eigenvalue weighted by Crippen LogP contribution is -2.42. The summed E-state index contributed by atoms with van der Waals surface area (Å²) in [7, 11) is 0. The third-order valence-electron chi connectivity index (χ3n) is 4.43. The SMILES string of the molecule is Cc1nn(CC(C)C)c(C)c1CC(=O)NCCN(C(C)C)C(C)C. The van der Waals surface area contributed by atoms with E-state index in [9.17, 15) is 4.79 Å². The molecule has 5 nitrogen and oxygen atoms in total. The Bertz CT molecular complexity index is 524. The number of rotatable bonds is 9. The minimum absolute atomic E-state index is 0.0813. The minimum Gasteiger partial charge on any atom is -0.355 e. The molecule has 1 heterocycles. The second kappa shape index (κ2) is 9.21. The van der Waals surface area contributed by atoms with Gasteiger partial charge >= 0.3 is 0 Å². The Morgan fingerprint density at radius 1 is 1.12 bits per heavy atom. The average molecular weight is 337 g/mol. The number of carbonyl (C=O) groups is 1. The van der Waals surface area contributed by atoms with Crippen molar-refractivity contribution in [3.05, 3.63) is 17.0 Å². The van der Waals surface area contributed by atoms with Crippen LogP contribution in [0, 0.1) is 19.8 Å². The van der Waals surface area contributed by atoms with Gasteiger partial charge in [-0.05, 0) is 47.5 Å². The van der Waals surface area contributed by atoms with Gasteiger partial charge in [-0.2, -0.15) is 5.10 Å². The van der Waals surface area contributed by atoms with Crippen molar-refractivity contribution in [3.8, 4) is 0 Å². The zero-order valence-electron chi connectivity index (χ0n) is 16.8. The molecule has 5 heteroatoms. The van der Waals surface area contributed by atoms with Crippen LogP contribution in [0.5, 0.6) is 0 Å². The molecule has 0 bridgehead atoms. The number of carbonyl (C=O) groups excluding carboxylic acids is 1. The Kier molecular flexibility index (Phi) is 7.94. The van der Waals surface area contributed by atoms with Crippen LogP contribution in [0.3, 0.4) is 0 Å². The van der Waals surface area contributed by atoms with Gasteiger partial charge in [-0.3, -0.25) is 14.4 Å². The molecule has 0 aromatic carbocycles. The Labute approximate surface area is 147 Å². The van der Waals surface area contributed by atoms with E-state index < -0.39 is 0 Å². The van der Waals surface area contributed by atoms with Crippen LogP contribution in [0.15, 0.2) is 0 Å². The smallest absolute Gasteiger partial charge is 0.224 e. The highest BCUT2D eigenvalue weighted by atomic mass is 16.1. The van der Waals surface area contributed by atoms with Crippen LogP contribution in [0.4, 0.5) is 0 Å². The topological polar surface area (TPSA) is 50.2 Å². The monoisotopic (exact) mass is 336 g/mol. The third kappa shape index (κ3) is 5.93. The van der Waals surface area contributed by atoms with Crippen LogP contribution in [-0.4, -0.2) is 45.8 Å². The van der Waals surface area contributed by atoms with Crippen LogP contribution < -0.4 is 5.32 Å². The zero-order chi connectivity index (χ0) is 18.4. The Hall–Kier alpha value is -1.36. The molecule has 1 amide bonds. The summed E-state index contributed by atoms with van der Waals surface area (Å²) in [5.41, 5.74) is 3.15. The van der Waals surface area contributed by atoms with Gasteiger partial charge in [0.2, 0.25) is 5.91 Å². The predicted octanol–water partition coefficient (Wildman–Crippen LogP) is 2.93. The summed E-state index contributed by atoms with van der Waals surface area (Å²) in [6, 6.07) is 0.973. The lowest BCUT2D eigenvalue weighted by Gasteiger charge is -2.30. The molecule has 0 unspecified atom stereocenters. The van der Waals surface area contributed by atoms with Crippen LogP contribution in [-0.2, 0) is 17.8 Å². The molecule has 0 aliphatic carbocycles. The van der Waals surface area contributed by atoms with E-state index in [1.54, 1.807) is 0 Å². The van der Waals surface area contributed by atoms with Gasteiger partial charge in [0, 0.05) is 43.0 Å². The van der Waals surface area contributed by atoms with Gasteiger partial charge in [-0.25, -0.2) is 0 Å². The molecule has 1 aromatic rings. The van der Waals surface area contributed by atoms with E-state index in [0.29, 0.717) is 31.0 Å². The first-order valence-electron chi connectivity index (χ1n) is 9.18. The quantitative estimate of drug-likeness (QED) is 0.754. The summed E-state index contributed by atoms with van der Waals surface area (Å²) < 4.78 is 2.03. The molecular weight excluding hydrogens is 300 g/mol. The summed E-state index contributed by atoms with van der Waals surface area (Å²) >= 11 is 0. The summed E-state index contributed by atoms with van der Waals surface area (Å²) in [4.78, 5) is 14.7. The van der Waals surface area contributed by atoms with Crippen LogP contribution in [0.25, 0.3) is 0 Å². The van der Waals surface area contributed by atoms with E-state index in [-0.39, 0.29) is 5.91 Å². The van der Waals surface area contributed by atoms with Crippen molar-refractivity contribution >= 4 is 5.91 Å². The maximum atomic E-state index is 12.3. The highest BCUT2D eigenvalue weighted by molar-refractivity contribution is 5.79. The fourth-order valence-corrected chi connectivity index (χ4v) is 3.17. The fraction of sp³-hybridized carbons (Fsp3) is 0.789. The summed E-state index contributed by atoms with van der Waals surface area (Å²) in [5, 5.41) is 7.64. The van der Waals surface area contributed by atoms with Crippen LogP contribution in [0.1, 0.15) is 58.5 Å². The molecule has 0 saturated carbocycles. The molecular formula is C19H36N4O. The number of amides is 1. The van der Waals surface area contributed by atoms with E-state index in [1.165, 1.54) is 0 Å². The first-order chi connectivity index (χ1) is 11.1. The van der Waals surface area contributed by atoms with Crippen molar-refractivity contribution in [1.82, 2.24) is 20.0 Å². The molecule has 0 spiro atoms. The molecule has 1 aromatic heterocycles. The van der Waals surface area contributed by atoms with E-state index in [2.05, 4.69) is 63.8 Å². The van der Waals surface area contributed by atoms with E-state index in [1.807, 2.05) is 11.6 Å². The normalized spacial score (nSPS) is 12.0. The van der Waals surface area contributed by atoms with Crippen molar-refractivity contribution in [2.45, 2.75) is 80.4 Å². The fourth-order valence-electron chi connectivity index (χ4n) is 3.17. The summed E-state index contributed by atoms with van der Waals surface area (Å²) in [6.45, 7) is 19.6. The van der Waals surface area contributed by atoms with Crippen LogP contribution >= 0.6 is 0 Å². The highest BCUT2D eigenvalue weighted by Crippen LogP contribution is 2.15. The molecule has 0 aliphatic rings. The average Bonchev–Trinajstić information content (AvgIpc) is 2.69. The van der Waals surface area contributed by atoms with Gasteiger partial charge in [0.25, 0.3) is 0 Å². The van der Waals surface area contributed by atoms with Crippen molar-refractivity contribution in [2.24, 2.45) is 5.92 Å². The first kappa shape index (κ1) is 20.7. The predicted molar refractivity (Wildman–Crippen MR) is 100 cm³/mol. The molecule has 138 valence electrons. The van der Waals surface area contributed by atoms with Gasteiger partial charge in [0.1, 0.15) is 0 Å².